The smallest absolute Gasteiger partial charge is 0.416 e. The molecule has 5 rings (SSSR count). The topological polar surface area (TPSA) is 75.7 Å². The monoisotopic (exact) mass is 453 g/mol. The summed E-state index contributed by atoms with van der Waals surface area (Å²) in [5.41, 5.74) is 0.702. The molecule has 0 bridgehead atoms. The van der Waals surface area contributed by atoms with Gasteiger partial charge in [-0.2, -0.15) is 18.3 Å². The number of halogens is 3. The van der Waals surface area contributed by atoms with Gasteiger partial charge in [0.2, 0.25) is 0 Å². The number of alkyl halides is 3. The molecule has 6 nitrogen and oxygen atoms in total. The summed E-state index contributed by atoms with van der Waals surface area (Å²) in [5.74, 6) is 1.85. The Bertz CT molecular complexity index is 1250. The van der Waals surface area contributed by atoms with Crippen LogP contribution in [0.3, 0.4) is 0 Å². The average Bonchev–Trinajstić information content (AvgIpc) is 3.23. The normalized spacial score (nSPS) is 15.0. The first-order valence-electron chi connectivity index (χ1n) is 10.9. The van der Waals surface area contributed by atoms with Crippen LogP contribution >= 0.6 is 0 Å². The number of anilines is 1. The number of fused-ring (bicyclic) bond motifs is 1. The van der Waals surface area contributed by atoms with E-state index in [1.807, 2.05) is 0 Å². The maximum atomic E-state index is 13.0. The van der Waals surface area contributed by atoms with Crippen molar-refractivity contribution in [2.45, 2.75) is 44.3 Å². The van der Waals surface area contributed by atoms with Crippen molar-refractivity contribution in [1.29, 1.82) is 0 Å². The van der Waals surface area contributed by atoms with Crippen molar-refractivity contribution in [2.24, 2.45) is 0 Å². The van der Waals surface area contributed by atoms with Gasteiger partial charge in [-0.15, -0.1) is 0 Å². The molecule has 1 aliphatic carbocycles. The summed E-state index contributed by atoms with van der Waals surface area (Å²) in [4.78, 5) is 8.41. The van der Waals surface area contributed by atoms with Crippen molar-refractivity contribution in [2.75, 3.05) is 5.32 Å². The number of hydrogen-bond acceptors (Lipinski definition) is 5. The third-order valence-electron chi connectivity index (χ3n) is 5.83. The third-order valence-corrected chi connectivity index (χ3v) is 5.83. The number of benzene rings is 1. The minimum atomic E-state index is -4.42. The van der Waals surface area contributed by atoms with E-state index >= 15 is 0 Å². The largest absolute Gasteiger partial charge is 0.456 e. The quantitative estimate of drug-likeness (QED) is 0.357. The van der Waals surface area contributed by atoms with Crippen LogP contribution in [0, 0.1) is 0 Å². The Hall–Kier alpha value is -3.62. The lowest BCUT2D eigenvalue weighted by molar-refractivity contribution is -0.137. The Morgan fingerprint density at radius 3 is 2.45 bits per heavy atom. The van der Waals surface area contributed by atoms with Gasteiger partial charge in [0, 0.05) is 30.1 Å². The summed E-state index contributed by atoms with van der Waals surface area (Å²) >= 11 is 0. The Morgan fingerprint density at radius 2 is 1.70 bits per heavy atom. The zero-order valence-corrected chi connectivity index (χ0v) is 17.7. The molecule has 1 aromatic carbocycles. The van der Waals surface area contributed by atoms with E-state index in [1.54, 1.807) is 36.5 Å². The van der Waals surface area contributed by atoms with Gasteiger partial charge in [0.1, 0.15) is 16.9 Å². The molecule has 0 radical (unpaired) electrons. The van der Waals surface area contributed by atoms with Crippen LogP contribution in [0.25, 0.3) is 22.3 Å². The molecule has 9 heteroatoms. The molecule has 33 heavy (non-hydrogen) atoms. The van der Waals surface area contributed by atoms with Crippen molar-refractivity contribution in [3.63, 3.8) is 0 Å². The van der Waals surface area contributed by atoms with Crippen LogP contribution in [-0.2, 0) is 6.18 Å². The Morgan fingerprint density at radius 1 is 0.939 bits per heavy atom. The van der Waals surface area contributed by atoms with E-state index in [1.165, 1.54) is 19.3 Å². The van der Waals surface area contributed by atoms with Crippen molar-refractivity contribution in [3.05, 3.63) is 60.4 Å². The number of H-pyrrole nitrogens is 1. The van der Waals surface area contributed by atoms with Gasteiger partial charge in [-0.25, -0.2) is 4.98 Å². The molecule has 4 aromatic rings. The van der Waals surface area contributed by atoms with Crippen LogP contribution < -0.4 is 10.1 Å². The Labute approximate surface area is 188 Å². The predicted molar refractivity (Wildman–Crippen MR) is 119 cm³/mol. The highest BCUT2D eigenvalue weighted by molar-refractivity contribution is 5.93. The van der Waals surface area contributed by atoms with E-state index in [0.29, 0.717) is 34.6 Å². The minimum absolute atomic E-state index is 0.247. The molecule has 170 valence electrons. The summed E-state index contributed by atoms with van der Waals surface area (Å²) in [7, 11) is 0. The standard InChI is InChI=1S/C24H22F3N5O/c25-24(26,27)16-10-12-28-19(14-16)15-6-8-18(9-7-15)33-20-11-13-29-22-21(20)23(32-31-22)30-17-4-2-1-3-5-17/h6-14,17H,1-5H2,(H2,29,30,31,32). The van der Waals surface area contributed by atoms with Crippen LogP contribution in [0.1, 0.15) is 37.7 Å². The fourth-order valence-electron chi connectivity index (χ4n) is 4.14. The van der Waals surface area contributed by atoms with Crippen LogP contribution in [0.15, 0.2) is 54.9 Å². The summed E-state index contributed by atoms with van der Waals surface area (Å²) in [6, 6.07) is 10.9. The first kappa shape index (κ1) is 21.2. The molecule has 0 saturated heterocycles. The second-order valence-electron chi connectivity index (χ2n) is 8.14. The van der Waals surface area contributed by atoms with Crippen molar-refractivity contribution in [1.82, 2.24) is 20.2 Å². The fraction of sp³-hybridized carbons (Fsp3) is 0.292. The second kappa shape index (κ2) is 8.73. The summed E-state index contributed by atoms with van der Waals surface area (Å²) < 4.78 is 45.1. The number of aromatic amines is 1. The van der Waals surface area contributed by atoms with E-state index in [2.05, 4.69) is 25.5 Å². The average molecular weight is 453 g/mol. The van der Waals surface area contributed by atoms with Crippen LogP contribution in [-0.4, -0.2) is 26.2 Å². The van der Waals surface area contributed by atoms with Crippen LogP contribution in [0.5, 0.6) is 11.5 Å². The number of nitrogens with zero attached hydrogens (tertiary/aromatic N) is 3. The number of rotatable bonds is 5. The molecule has 1 fully saturated rings. The second-order valence-corrected chi connectivity index (χ2v) is 8.14. The van der Waals surface area contributed by atoms with E-state index in [4.69, 9.17) is 4.74 Å². The molecule has 0 amide bonds. The lowest BCUT2D eigenvalue weighted by atomic mass is 9.95. The molecule has 0 aliphatic heterocycles. The zero-order chi connectivity index (χ0) is 22.8. The molecule has 2 N–H and O–H groups in total. The Kier molecular flexibility index (Phi) is 5.62. The molecule has 1 aliphatic rings. The van der Waals surface area contributed by atoms with E-state index < -0.39 is 11.7 Å². The molecule has 1 saturated carbocycles. The maximum Gasteiger partial charge on any atom is 0.416 e. The van der Waals surface area contributed by atoms with E-state index in [0.717, 1.165) is 36.6 Å². The first-order chi connectivity index (χ1) is 16.0. The molecule has 0 spiro atoms. The van der Waals surface area contributed by atoms with E-state index in [-0.39, 0.29) is 5.69 Å². The third kappa shape index (κ3) is 4.62. The first-order valence-corrected chi connectivity index (χ1v) is 10.9. The van der Waals surface area contributed by atoms with Gasteiger partial charge < -0.3 is 10.1 Å². The van der Waals surface area contributed by atoms with Crippen molar-refractivity contribution >= 4 is 16.9 Å². The number of nitrogens with one attached hydrogen (secondary N) is 2. The predicted octanol–water partition coefficient (Wildman–Crippen LogP) is 6.58. The van der Waals surface area contributed by atoms with Gasteiger partial charge in [-0.1, -0.05) is 19.3 Å². The van der Waals surface area contributed by atoms with Crippen LogP contribution in [0.4, 0.5) is 19.0 Å². The number of aromatic nitrogens is 4. The molecule has 0 atom stereocenters. The zero-order valence-electron chi connectivity index (χ0n) is 17.7. The van der Waals surface area contributed by atoms with E-state index in [9.17, 15) is 13.2 Å². The minimum Gasteiger partial charge on any atom is -0.456 e. The van der Waals surface area contributed by atoms with Gasteiger partial charge in [-0.05, 0) is 49.2 Å². The van der Waals surface area contributed by atoms with Crippen molar-refractivity contribution in [3.8, 4) is 22.8 Å². The molecular weight excluding hydrogens is 431 g/mol. The lowest BCUT2D eigenvalue weighted by Crippen LogP contribution is -2.22. The highest BCUT2D eigenvalue weighted by Crippen LogP contribution is 2.35. The molecule has 0 unspecified atom stereocenters. The van der Waals surface area contributed by atoms with Gasteiger partial charge >= 0.3 is 6.18 Å². The van der Waals surface area contributed by atoms with Gasteiger partial charge in [0.05, 0.1) is 11.3 Å². The summed E-state index contributed by atoms with van der Waals surface area (Å²) in [5, 5.41) is 11.6. The molecule has 3 heterocycles. The Balaban J connectivity index is 1.38. The summed E-state index contributed by atoms with van der Waals surface area (Å²) in [6.45, 7) is 0. The highest BCUT2D eigenvalue weighted by atomic mass is 19.4. The number of ether oxygens (including phenoxy) is 1. The lowest BCUT2D eigenvalue weighted by Gasteiger charge is -2.22. The highest BCUT2D eigenvalue weighted by Gasteiger charge is 2.30. The maximum absolute atomic E-state index is 13.0. The van der Waals surface area contributed by atoms with Gasteiger partial charge in [-0.3, -0.25) is 10.1 Å². The van der Waals surface area contributed by atoms with Crippen molar-refractivity contribution < 1.29 is 17.9 Å². The SMILES string of the molecule is FC(F)(F)c1ccnc(-c2ccc(Oc3ccnc4[nH]nc(NC5CCCCC5)c34)cc2)c1. The summed E-state index contributed by atoms with van der Waals surface area (Å²) in [6.07, 6.45) is 4.27. The number of hydrogen-bond donors (Lipinski definition) is 2. The van der Waals surface area contributed by atoms with Crippen LogP contribution in [0.2, 0.25) is 0 Å². The van der Waals surface area contributed by atoms with Gasteiger partial charge in [0.15, 0.2) is 11.5 Å². The number of pyridine rings is 2. The fourth-order valence-corrected chi connectivity index (χ4v) is 4.14. The molecular formula is C24H22F3N5O. The van der Waals surface area contributed by atoms with Gasteiger partial charge in [0.25, 0.3) is 0 Å². The molecule has 3 aromatic heterocycles.